The fraction of sp³-hybridized carbons (Fsp3) is 0.842. The molecule has 1 aromatic heterocycles. The third-order valence-electron chi connectivity index (χ3n) is 4.90. The monoisotopic (exact) mass is 522 g/mol. The average Bonchev–Trinajstić information content (AvgIpc) is 3.34. The van der Waals surface area contributed by atoms with Gasteiger partial charge >= 0.3 is 0 Å². The van der Waals surface area contributed by atoms with E-state index in [1.165, 1.54) is 0 Å². The van der Waals surface area contributed by atoms with E-state index in [0.717, 1.165) is 82.6 Å². The number of nitrogens with one attached hydrogen (secondary N) is 2. The number of aryl methyl sites for hydroxylation is 1. The molecule has 10 heteroatoms. The van der Waals surface area contributed by atoms with Crippen molar-refractivity contribution in [2.24, 2.45) is 4.99 Å². The van der Waals surface area contributed by atoms with Crippen molar-refractivity contribution in [3.8, 4) is 0 Å². The quantitative estimate of drug-likeness (QED) is 0.208. The van der Waals surface area contributed by atoms with E-state index in [1.54, 1.807) is 7.11 Å². The summed E-state index contributed by atoms with van der Waals surface area (Å²) in [4.78, 5) is 9.21. The van der Waals surface area contributed by atoms with Crippen LogP contribution in [0, 0.1) is 0 Å². The number of hydrogen-bond acceptors (Lipinski definition) is 6. The van der Waals surface area contributed by atoms with Crippen molar-refractivity contribution in [3.05, 3.63) is 11.6 Å². The molecule has 2 N–H and O–H groups in total. The third kappa shape index (κ3) is 7.99. The van der Waals surface area contributed by atoms with Crippen molar-refractivity contribution in [1.29, 1.82) is 0 Å². The Morgan fingerprint density at radius 1 is 1.38 bits per heavy atom. The Kier molecular flexibility index (Phi) is 11.2. The number of methoxy groups -OCH3 is 1. The molecular weight excluding hydrogens is 487 g/mol. The normalized spacial score (nSPS) is 21.5. The van der Waals surface area contributed by atoms with Gasteiger partial charge in [0.05, 0.1) is 19.3 Å². The predicted molar refractivity (Wildman–Crippen MR) is 122 cm³/mol. The number of fused-ring (bicyclic) bond motifs is 1. The molecule has 0 amide bonds. The van der Waals surface area contributed by atoms with Gasteiger partial charge in [0, 0.05) is 45.9 Å². The molecule has 2 atom stereocenters. The van der Waals surface area contributed by atoms with Crippen LogP contribution in [0.5, 0.6) is 0 Å². The van der Waals surface area contributed by atoms with Crippen LogP contribution in [0.15, 0.2) is 4.99 Å². The molecule has 3 heterocycles. The molecule has 0 radical (unpaired) electrons. The molecule has 0 bridgehead atoms. The van der Waals surface area contributed by atoms with Gasteiger partial charge in [-0.15, -0.1) is 24.0 Å². The summed E-state index contributed by atoms with van der Waals surface area (Å²) in [5.41, 5.74) is 0. The predicted octanol–water partition coefficient (Wildman–Crippen LogP) is 1.50. The number of halogens is 1. The van der Waals surface area contributed by atoms with Crippen molar-refractivity contribution in [3.63, 3.8) is 0 Å². The Labute approximate surface area is 190 Å². The summed E-state index contributed by atoms with van der Waals surface area (Å²) in [6, 6.07) is 0.290. The maximum atomic E-state index is 5.71. The van der Waals surface area contributed by atoms with E-state index in [4.69, 9.17) is 14.2 Å². The van der Waals surface area contributed by atoms with Crippen LogP contribution in [0.1, 0.15) is 44.3 Å². The van der Waals surface area contributed by atoms with Gasteiger partial charge in [0.15, 0.2) is 11.8 Å². The van der Waals surface area contributed by atoms with Crippen LogP contribution < -0.4 is 10.6 Å². The zero-order valence-electron chi connectivity index (χ0n) is 17.6. The number of rotatable bonds is 10. The molecule has 0 saturated carbocycles. The molecule has 29 heavy (non-hydrogen) atoms. The Morgan fingerprint density at radius 2 is 2.28 bits per heavy atom. The van der Waals surface area contributed by atoms with Crippen LogP contribution in [0.4, 0.5) is 0 Å². The summed E-state index contributed by atoms with van der Waals surface area (Å²) >= 11 is 0. The largest absolute Gasteiger partial charge is 0.379 e. The van der Waals surface area contributed by atoms with Crippen LogP contribution >= 0.6 is 24.0 Å². The summed E-state index contributed by atoms with van der Waals surface area (Å²) < 4.78 is 18.4. The number of aromatic nitrogens is 3. The SMILES string of the molecule is CCNC(=NCCCOCC1CCCO1)NC1CCc2nc(COC)nn2C1.I. The molecule has 2 aliphatic heterocycles. The van der Waals surface area contributed by atoms with Gasteiger partial charge in [0.1, 0.15) is 12.4 Å². The number of aliphatic imine (C=N–C) groups is 1. The minimum atomic E-state index is 0. The van der Waals surface area contributed by atoms with Crippen LogP contribution in [0.2, 0.25) is 0 Å². The molecule has 1 fully saturated rings. The highest BCUT2D eigenvalue weighted by Crippen LogP contribution is 2.14. The molecule has 166 valence electrons. The first-order chi connectivity index (χ1) is 13.8. The van der Waals surface area contributed by atoms with Crippen molar-refractivity contribution >= 4 is 29.9 Å². The number of hydrogen-bond donors (Lipinski definition) is 2. The summed E-state index contributed by atoms with van der Waals surface area (Å²) in [6.45, 7) is 7.20. The molecule has 0 aromatic carbocycles. The zero-order valence-corrected chi connectivity index (χ0v) is 19.9. The van der Waals surface area contributed by atoms with Gasteiger partial charge in [-0.2, -0.15) is 5.10 Å². The standard InChI is InChI=1S/C19H34N6O3.HI/c1-3-20-19(21-9-5-10-27-13-16-6-4-11-28-16)22-15-7-8-18-23-17(14-26-2)24-25(18)12-15;/h15-16H,3-14H2,1-2H3,(H2,20,21,22);1H. The summed E-state index contributed by atoms with van der Waals surface area (Å²) in [7, 11) is 1.66. The second kappa shape index (κ2) is 13.3. The van der Waals surface area contributed by atoms with E-state index in [9.17, 15) is 0 Å². The van der Waals surface area contributed by atoms with Gasteiger partial charge in [-0.25, -0.2) is 9.67 Å². The van der Waals surface area contributed by atoms with Gasteiger partial charge < -0.3 is 24.8 Å². The molecule has 1 aromatic rings. The lowest BCUT2D eigenvalue weighted by Gasteiger charge is -2.25. The minimum absolute atomic E-state index is 0. The van der Waals surface area contributed by atoms with Gasteiger partial charge in [0.25, 0.3) is 0 Å². The van der Waals surface area contributed by atoms with Crippen molar-refractivity contribution < 1.29 is 14.2 Å². The van der Waals surface area contributed by atoms with Crippen molar-refractivity contribution in [2.45, 2.75) is 64.3 Å². The maximum absolute atomic E-state index is 5.71. The Hall–Kier alpha value is -0.980. The molecule has 1 saturated heterocycles. The zero-order chi connectivity index (χ0) is 19.6. The lowest BCUT2D eigenvalue weighted by atomic mass is 10.1. The van der Waals surface area contributed by atoms with Crippen LogP contribution in [0.3, 0.4) is 0 Å². The first kappa shape index (κ1) is 24.3. The smallest absolute Gasteiger partial charge is 0.191 e. The van der Waals surface area contributed by atoms with E-state index in [-0.39, 0.29) is 30.0 Å². The molecule has 3 rings (SSSR count). The maximum Gasteiger partial charge on any atom is 0.191 e. The highest BCUT2D eigenvalue weighted by atomic mass is 127. The molecule has 0 spiro atoms. The topological polar surface area (TPSA) is 94.8 Å². The Bertz CT molecular complexity index is 621. The lowest BCUT2D eigenvalue weighted by molar-refractivity contribution is 0.0171. The molecular formula is C19H35IN6O3. The minimum Gasteiger partial charge on any atom is -0.379 e. The van der Waals surface area contributed by atoms with Crippen LogP contribution in [-0.4, -0.2) is 72.9 Å². The van der Waals surface area contributed by atoms with E-state index < -0.39 is 0 Å². The first-order valence-electron chi connectivity index (χ1n) is 10.4. The van der Waals surface area contributed by atoms with E-state index >= 15 is 0 Å². The van der Waals surface area contributed by atoms with E-state index in [1.807, 2.05) is 4.68 Å². The second-order valence-electron chi connectivity index (χ2n) is 7.26. The Morgan fingerprint density at radius 3 is 3.03 bits per heavy atom. The van der Waals surface area contributed by atoms with Crippen LogP contribution in [0.25, 0.3) is 0 Å². The molecule has 0 aliphatic carbocycles. The van der Waals surface area contributed by atoms with Crippen molar-refractivity contribution in [2.75, 3.05) is 40.0 Å². The van der Waals surface area contributed by atoms with Gasteiger partial charge in [-0.1, -0.05) is 0 Å². The van der Waals surface area contributed by atoms with Crippen molar-refractivity contribution in [1.82, 2.24) is 25.4 Å². The van der Waals surface area contributed by atoms with Crippen LogP contribution in [-0.2, 0) is 33.8 Å². The first-order valence-corrected chi connectivity index (χ1v) is 10.4. The van der Waals surface area contributed by atoms with Gasteiger partial charge in [-0.05, 0) is 32.6 Å². The van der Waals surface area contributed by atoms with E-state index in [2.05, 4.69) is 32.6 Å². The summed E-state index contributed by atoms with van der Waals surface area (Å²) in [5, 5.41) is 11.4. The fourth-order valence-electron chi connectivity index (χ4n) is 3.53. The molecule has 2 unspecified atom stereocenters. The second-order valence-corrected chi connectivity index (χ2v) is 7.26. The molecule has 9 nitrogen and oxygen atoms in total. The third-order valence-corrected chi connectivity index (χ3v) is 4.90. The number of nitrogens with zero attached hydrogens (tertiary/aromatic N) is 4. The van der Waals surface area contributed by atoms with Gasteiger partial charge in [-0.3, -0.25) is 4.99 Å². The lowest BCUT2D eigenvalue weighted by Crippen LogP contribution is -2.47. The fourth-order valence-corrected chi connectivity index (χ4v) is 3.53. The highest BCUT2D eigenvalue weighted by Gasteiger charge is 2.22. The average molecular weight is 522 g/mol. The summed E-state index contributed by atoms with van der Waals surface area (Å²) in [5.74, 6) is 2.64. The molecule has 2 aliphatic rings. The number of ether oxygens (including phenoxy) is 3. The Balaban J connectivity index is 0.00000300. The van der Waals surface area contributed by atoms with Gasteiger partial charge in [0.2, 0.25) is 0 Å². The number of guanidine groups is 1. The highest BCUT2D eigenvalue weighted by molar-refractivity contribution is 14.0. The summed E-state index contributed by atoms with van der Waals surface area (Å²) in [6.07, 6.45) is 5.39. The van der Waals surface area contributed by atoms with E-state index in [0.29, 0.717) is 19.3 Å².